The SMILES string of the molecule is C=COCc1cccc(C)c1C(F)(F)F. The minimum absolute atomic E-state index is 0.111. The first-order chi connectivity index (χ1) is 6.96. The Balaban J connectivity index is 3.14. The van der Waals surface area contributed by atoms with Gasteiger partial charge in [0.15, 0.2) is 0 Å². The van der Waals surface area contributed by atoms with Crippen molar-refractivity contribution in [3.8, 4) is 0 Å². The van der Waals surface area contributed by atoms with Gasteiger partial charge in [0, 0.05) is 5.56 Å². The van der Waals surface area contributed by atoms with Crippen LogP contribution in [0.25, 0.3) is 0 Å². The van der Waals surface area contributed by atoms with Crippen LogP contribution < -0.4 is 0 Å². The second kappa shape index (κ2) is 4.38. The van der Waals surface area contributed by atoms with E-state index in [0.717, 1.165) is 6.26 Å². The van der Waals surface area contributed by atoms with Gasteiger partial charge in [-0.2, -0.15) is 13.2 Å². The van der Waals surface area contributed by atoms with Crippen molar-refractivity contribution in [2.45, 2.75) is 19.7 Å². The molecule has 4 heteroatoms. The topological polar surface area (TPSA) is 9.23 Å². The predicted molar refractivity (Wildman–Crippen MR) is 51.2 cm³/mol. The monoisotopic (exact) mass is 216 g/mol. The first kappa shape index (κ1) is 11.6. The first-order valence-corrected chi connectivity index (χ1v) is 4.35. The summed E-state index contributed by atoms with van der Waals surface area (Å²) in [4.78, 5) is 0. The molecule has 0 aliphatic carbocycles. The van der Waals surface area contributed by atoms with Crippen LogP contribution in [0.1, 0.15) is 16.7 Å². The maximum Gasteiger partial charge on any atom is 0.417 e. The Kier molecular flexibility index (Phi) is 3.39. The first-order valence-electron chi connectivity index (χ1n) is 4.35. The summed E-state index contributed by atoms with van der Waals surface area (Å²) >= 11 is 0. The van der Waals surface area contributed by atoms with Gasteiger partial charge in [-0.05, 0) is 12.5 Å². The van der Waals surface area contributed by atoms with Crippen LogP contribution in [0.5, 0.6) is 0 Å². The summed E-state index contributed by atoms with van der Waals surface area (Å²) in [6, 6.07) is 4.41. The van der Waals surface area contributed by atoms with Gasteiger partial charge in [0.25, 0.3) is 0 Å². The summed E-state index contributed by atoms with van der Waals surface area (Å²) in [7, 11) is 0. The molecule has 0 radical (unpaired) electrons. The lowest BCUT2D eigenvalue weighted by atomic mass is 10.0. The van der Waals surface area contributed by atoms with E-state index in [1.54, 1.807) is 6.07 Å². The van der Waals surface area contributed by atoms with Crippen molar-refractivity contribution < 1.29 is 17.9 Å². The Bertz CT molecular complexity index is 355. The lowest BCUT2D eigenvalue weighted by Gasteiger charge is -2.14. The lowest BCUT2D eigenvalue weighted by Crippen LogP contribution is -2.11. The van der Waals surface area contributed by atoms with Crippen molar-refractivity contribution in [3.05, 3.63) is 47.7 Å². The number of halogens is 3. The van der Waals surface area contributed by atoms with Gasteiger partial charge in [-0.1, -0.05) is 24.8 Å². The average Bonchev–Trinajstić information content (AvgIpc) is 2.12. The zero-order valence-electron chi connectivity index (χ0n) is 8.27. The van der Waals surface area contributed by atoms with E-state index in [2.05, 4.69) is 6.58 Å². The minimum atomic E-state index is -4.34. The summed E-state index contributed by atoms with van der Waals surface area (Å²) in [6.07, 6.45) is -3.21. The third-order valence-electron chi connectivity index (χ3n) is 2.00. The molecule has 0 saturated carbocycles. The number of alkyl halides is 3. The summed E-state index contributed by atoms with van der Waals surface area (Å²) in [5.74, 6) is 0. The molecule has 0 bridgehead atoms. The Morgan fingerprint density at radius 3 is 2.60 bits per heavy atom. The highest BCUT2D eigenvalue weighted by Crippen LogP contribution is 2.34. The number of rotatable bonds is 3. The van der Waals surface area contributed by atoms with Crippen LogP contribution in [-0.4, -0.2) is 0 Å². The van der Waals surface area contributed by atoms with E-state index in [4.69, 9.17) is 4.74 Å². The van der Waals surface area contributed by atoms with Crippen LogP contribution in [0.15, 0.2) is 31.0 Å². The average molecular weight is 216 g/mol. The van der Waals surface area contributed by atoms with E-state index in [0.29, 0.717) is 0 Å². The normalized spacial score (nSPS) is 11.2. The van der Waals surface area contributed by atoms with Gasteiger partial charge in [0.2, 0.25) is 0 Å². The molecule has 1 aromatic carbocycles. The fraction of sp³-hybridized carbons (Fsp3) is 0.273. The van der Waals surface area contributed by atoms with Gasteiger partial charge in [-0.15, -0.1) is 0 Å². The maximum absolute atomic E-state index is 12.7. The molecule has 1 rings (SSSR count). The Morgan fingerprint density at radius 1 is 1.40 bits per heavy atom. The quantitative estimate of drug-likeness (QED) is 0.700. The fourth-order valence-electron chi connectivity index (χ4n) is 1.40. The van der Waals surface area contributed by atoms with Gasteiger partial charge < -0.3 is 4.74 Å². The number of hydrogen-bond acceptors (Lipinski definition) is 1. The Labute approximate surface area is 86.2 Å². The Morgan fingerprint density at radius 2 is 2.07 bits per heavy atom. The van der Waals surface area contributed by atoms with Crippen molar-refractivity contribution in [3.63, 3.8) is 0 Å². The molecule has 0 fully saturated rings. The van der Waals surface area contributed by atoms with Gasteiger partial charge in [-0.3, -0.25) is 0 Å². The van der Waals surface area contributed by atoms with Crippen molar-refractivity contribution in [2.24, 2.45) is 0 Å². The second-order valence-corrected chi connectivity index (χ2v) is 3.08. The third-order valence-corrected chi connectivity index (χ3v) is 2.00. The highest BCUT2D eigenvalue weighted by atomic mass is 19.4. The van der Waals surface area contributed by atoms with Gasteiger partial charge in [-0.25, -0.2) is 0 Å². The summed E-state index contributed by atoms with van der Waals surface area (Å²) in [5.41, 5.74) is -0.290. The van der Waals surface area contributed by atoms with Gasteiger partial charge in [0.05, 0.1) is 11.8 Å². The molecule has 0 aliphatic rings. The predicted octanol–water partition coefficient (Wildman–Crippen LogP) is 3.67. The molecule has 0 unspecified atom stereocenters. The standard InChI is InChI=1S/C11H11F3O/c1-3-15-7-9-6-4-5-8(2)10(9)11(12,13)14/h3-6H,1,7H2,2H3. The number of hydrogen-bond donors (Lipinski definition) is 0. The minimum Gasteiger partial charge on any atom is -0.497 e. The summed E-state index contributed by atoms with van der Waals surface area (Å²) in [6.45, 7) is 4.61. The largest absolute Gasteiger partial charge is 0.497 e. The van der Waals surface area contributed by atoms with Gasteiger partial charge >= 0.3 is 6.18 Å². The molecule has 0 atom stereocenters. The van der Waals surface area contributed by atoms with Crippen LogP contribution in [0.2, 0.25) is 0 Å². The molecule has 1 nitrogen and oxygen atoms in total. The highest BCUT2D eigenvalue weighted by molar-refractivity contribution is 5.36. The summed E-state index contributed by atoms with van der Waals surface area (Å²) in [5, 5.41) is 0. The van der Waals surface area contributed by atoms with Crippen LogP contribution >= 0.6 is 0 Å². The van der Waals surface area contributed by atoms with E-state index in [-0.39, 0.29) is 17.7 Å². The molecule has 82 valence electrons. The van der Waals surface area contributed by atoms with E-state index >= 15 is 0 Å². The fourth-order valence-corrected chi connectivity index (χ4v) is 1.40. The Hall–Kier alpha value is -1.45. The number of aryl methyl sites for hydroxylation is 1. The van der Waals surface area contributed by atoms with Gasteiger partial charge in [0.1, 0.15) is 6.61 Å². The van der Waals surface area contributed by atoms with Crippen molar-refractivity contribution in [1.82, 2.24) is 0 Å². The third kappa shape index (κ3) is 2.75. The second-order valence-electron chi connectivity index (χ2n) is 3.08. The molecular weight excluding hydrogens is 205 g/mol. The number of benzene rings is 1. The summed E-state index contributed by atoms with van der Waals surface area (Å²) < 4.78 is 42.7. The van der Waals surface area contributed by atoms with Crippen LogP contribution in [0.4, 0.5) is 13.2 Å². The molecule has 15 heavy (non-hydrogen) atoms. The molecule has 1 aromatic rings. The maximum atomic E-state index is 12.7. The molecule has 0 aromatic heterocycles. The van der Waals surface area contributed by atoms with E-state index < -0.39 is 11.7 Å². The number of ether oxygens (including phenoxy) is 1. The molecule has 0 N–H and O–H groups in total. The molecule has 0 amide bonds. The van der Waals surface area contributed by atoms with E-state index in [1.807, 2.05) is 0 Å². The smallest absolute Gasteiger partial charge is 0.417 e. The van der Waals surface area contributed by atoms with Crippen LogP contribution in [-0.2, 0) is 17.5 Å². The highest BCUT2D eigenvalue weighted by Gasteiger charge is 2.34. The zero-order valence-corrected chi connectivity index (χ0v) is 8.27. The molecule has 0 aliphatic heterocycles. The lowest BCUT2D eigenvalue weighted by molar-refractivity contribution is -0.139. The zero-order chi connectivity index (χ0) is 11.5. The van der Waals surface area contributed by atoms with Crippen molar-refractivity contribution >= 4 is 0 Å². The van der Waals surface area contributed by atoms with E-state index in [9.17, 15) is 13.2 Å². The van der Waals surface area contributed by atoms with Crippen molar-refractivity contribution in [1.29, 1.82) is 0 Å². The molecule has 0 heterocycles. The molecular formula is C11H11F3O. The van der Waals surface area contributed by atoms with Crippen molar-refractivity contribution in [2.75, 3.05) is 0 Å². The molecule has 0 spiro atoms. The molecule has 0 saturated heterocycles. The van der Waals surface area contributed by atoms with E-state index in [1.165, 1.54) is 19.1 Å². The van der Waals surface area contributed by atoms with Crippen LogP contribution in [0, 0.1) is 6.92 Å². The van der Waals surface area contributed by atoms with Crippen LogP contribution in [0.3, 0.4) is 0 Å².